The van der Waals surface area contributed by atoms with Crippen LogP contribution in [-0.4, -0.2) is 63.5 Å². The predicted octanol–water partition coefficient (Wildman–Crippen LogP) is 5.81. The third-order valence-corrected chi connectivity index (χ3v) is 11.2. The molecule has 1 aromatic carbocycles. The lowest BCUT2D eigenvalue weighted by Crippen LogP contribution is -2.45. The number of likely N-dealkylation sites (tertiary alicyclic amines) is 1. The molecular formula is C27H45NO7Si. The van der Waals surface area contributed by atoms with Crippen LogP contribution in [0.1, 0.15) is 72.1 Å². The number of carbonyl (C=O) groups excluding carboxylic acids is 2. The minimum absolute atomic E-state index is 0.0256. The Hall–Kier alpha value is -1.94. The first-order chi connectivity index (χ1) is 16.5. The van der Waals surface area contributed by atoms with Gasteiger partial charge in [-0.15, -0.1) is 0 Å². The Kier molecular flexibility index (Phi) is 10.2. The Morgan fingerprint density at radius 1 is 1.08 bits per heavy atom. The Labute approximate surface area is 217 Å². The maximum atomic E-state index is 13.3. The molecule has 0 aromatic heterocycles. The van der Waals surface area contributed by atoms with Crippen molar-refractivity contribution in [3.63, 3.8) is 0 Å². The quantitative estimate of drug-likeness (QED) is 0.175. The normalized spacial score (nSPS) is 19.8. The van der Waals surface area contributed by atoms with E-state index in [0.29, 0.717) is 19.6 Å². The summed E-state index contributed by atoms with van der Waals surface area (Å²) in [6, 6.07) is 7.26. The summed E-state index contributed by atoms with van der Waals surface area (Å²) in [6.45, 7) is 18.9. The maximum Gasteiger partial charge on any atom is 0.410 e. The number of amides is 1. The molecule has 36 heavy (non-hydrogen) atoms. The van der Waals surface area contributed by atoms with Gasteiger partial charge in [0.1, 0.15) is 18.5 Å². The lowest BCUT2D eigenvalue weighted by Gasteiger charge is -2.38. The van der Waals surface area contributed by atoms with Crippen molar-refractivity contribution >= 4 is 20.4 Å². The average molecular weight is 524 g/mol. The van der Waals surface area contributed by atoms with Crippen molar-refractivity contribution in [2.45, 2.75) is 103 Å². The highest BCUT2D eigenvalue weighted by Crippen LogP contribution is 2.41. The zero-order chi connectivity index (χ0) is 27.3. The van der Waals surface area contributed by atoms with Crippen LogP contribution in [0.15, 0.2) is 24.3 Å². The SMILES string of the molecule is COCOCc1ccc([C@H](OC(C)=O)[C@@H]2C[C@@H](O[Si](C)(C)C(C)(C)C)CN2C(=O)OC(C)(C)C)cc1. The van der Waals surface area contributed by atoms with Gasteiger partial charge in [-0.05, 0) is 56.5 Å². The van der Waals surface area contributed by atoms with Crippen molar-refractivity contribution in [2.24, 2.45) is 0 Å². The first-order valence-electron chi connectivity index (χ1n) is 12.5. The molecule has 0 saturated carbocycles. The average Bonchev–Trinajstić information content (AvgIpc) is 3.13. The fraction of sp³-hybridized carbons (Fsp3) is 0.704. The Balaban J connectivity index is 2.37. The molecule has 0 unspecified atom stereocenters. The molecule has 1 fully saturated rings. The Bertz CT molecular complexity index is 874. The summed E-state index contributed by atoms with van der Waals surface area (Å²) >= 11 is 0. The van der Waals surface area contributed by atoms with E-state index in [4.69, 9.17) is 23.4 Å². The molecule has 1 amide bonds. The second kappa shape index (κ2) is 12.1. The molecule has 3 atom stereocenters. The van der Waals surface area contributed by atoms with E-state index >= 15 is 0 Å². The van der Waals surface area contributed by atoms with Crippen molar-refractivity contribution in [3.05, 3.63) is 35.4 Å². The van der Waals surface area contributed by atoms with Crippen LogP contribution in [0.3, 0.4) is 0 Å². The minimum atomic E-state index is -2.09. The van der Waals surface area contributed by atoms with Gasteiger partial charge in [-0.3, -0.25) is 9.69 Å². The van der Waals surface area contributed by atoms with Gasteiger partial charge < -0.3 is 23.4 Å². The van der Waals surface area contributed by atoms with Gasteiger partial charge >= 0.3 is 12.1 Å². The lowest BCUT2D eigenvalue weighted by atomic mass is 9.98. The van der Waals surface area contributed by atoms with Crippen LogP contribution in [0.25, 0.3) is 0 Å². The summed E-state index contributed by atoms with van der Waals surface area (Å²) in [7, 11) is -0.515. The fourth-order valence-corrected chi connectivity index (χ4v) is 5.27. The highest BCUT2D eigenvalue weighted by molar-refractivity contribution is 6.74. The summed E-state index contributed by atoms with van der Waals surface area (Å²) < 4.78 is 28.6. The fourth-order valence-electron chi connectivity index (χ4n) is 3.92. The molecule has 0 spiro atoms. The molecule has 204 valence electrons. The molecule has 0 bridgehead atoms. The van der Waals surface area contributed by atoms with Gasteiger partial charge in [-0.25, -0.2) is 4.79 Å². The van der Waals surface area contributed by atoms with E-state index in [9.17, 15) is 9.59 Å². The summed E-state index contributed by atoms with van der Waals surface area (Å²) in [4.78, 5) is 27.1. The van der Waals surface area contributed by atoms with Gasteiger partial charge in [0.2, 0.25) is 0 Å². The van der Waals surface area contributed by atoms with E-state index in [1.54, 1.807) is 12.0 Å². The van der Waals surface area contributed by atoms with Gasteiger partial charge in [-0.2, -0.15) is 0 Å². The maximum absolute atomic E-state index is 13.3. The van der Waals surface area contributed by atoms with E-state index < -0.39 is 38.1 Å². The number of esters is 1. The van der Waals surface area contributed by atoms with Gasteiger partial charge in [0.15, 0.2) is 8.32 Å². The topological polar surface area (TPSA) is 83.5 Å². The van der Waals surface area contributed by atoms with Gasteiger partial charge in [0, 0.05) is 20.6 Å². The highest BCUT2D eigenvalue weighted by Gasteiger charge is 2.47. The lowest BCUT2D eigenvalue weighted by molar-refractivity contribution is -0.150. The van der Waals surface area contributed by atoms with E-state index in [-0.39, 0.29) is 17.9 Å². The summed E-state index contributed by atoms with van der Waals surface area (Å²) in [5.74, 6) is -0.412. The Morgan fingerprint density at radius 2 is 1.69 bits per heavy atom. The number of benzene rings is 1. The van der Waals surface area contributed by atoms with Gasteiger partial charge in [0.25, 0.3) is 0 Å². The Morgan fingerprint density at radius 3 is 2.19 bits per heavy atom. The predicted molar refractivity (Wildman–Crippen MR) is 141 cm³/mol. The molecule has 1 aromatic rings. The molecule has 1 saturated heterocycles. The first-order valence-corrected chi connectivity index (χ1v) is 15.4. The molecule has 9 heteroatoms. The van der Waals surface area contributed by atoms with Crippen LogP contribution in [0.2, 0.25) is 18.1 Å². The van der Waals surface area contributed by atoms with Crippen LogP contribution in [0, 0.1) is 0 Å². The molecule has 0 N–H and O–H groups in total. The molecule has 2 rings (SSSR count). The monoisotopic (exact) mass is 523 g/mol. The number of ether oxygens (including phenoxy) is 4. The third kappa shape index (κ3) is 8.57. The van der Waals surface area contributed by atoms with Crippen molar-refractivity contribution < 1.29 is 33.0 Å². The second-order valence-corrected chi connectivity index (χ2v) is 16.7. The minimum Gasteiger partial charge on any atom is -0.455 e. The standard InChI is InChI=1S/C27H45NO7Si/c1-19(29)33-24(21-13-11-20(12-14-21)17-32-18-31-8)23-15-22(35-36(9,10)27(5,6)7)16-28(23)25(30)34-26(2,3)4/h11-14,22-24H,15-18H2,1-10H3/t22-,23+,24+/m1/s1. The number of carbonyl (C=O) groups is 2. The molecule has 1 heterocycles. The van der Waals surface area contributed by atoms with Crippen molar-refractivity contribution in [1.82, 2.24) is 4.90 Å². The number of hydrogen-bond donors (Lipinski definition) is 0. The van der Waals surface area contributed by atoms with Crippen LogP contribution in [0.5, 0.6) is 0 Å². The van der Waals surface area contributed by atoms with Crippen LogP contribution >= 0.6 is 0 Å². The van der Waals surface area contributed by atoms with Gasteiger partial charge in [-0.1, -0.05) is 45.0 Å². The summed E-state index contributed by atoms with van der Waals surface area (Å²) in [5, 5.41) is 0.0256. The van der Waals surface area contributed by atoms with E-state index in [2.05, 4.69) is 33.9 Å². The first kappa shape index (κ1) is 30.3. The van der Waals surface area contributed by atoms with E-state index in [1.807, 2.05) is 45.0 Å². The van der Waals surface area contributed by atoms with Crippen molar-refractivity contribution in [2.75, 3.05) is 20.4 Å². The van der Waals surface area contributed by atoms with Crippen LogP contribution in [-0.2, 0) is 34.8 Å². The van der Waals surface area contributed by atoms with Crippen molar-refractivity contribution in [1.29, 1.82) is 0 Å². The second-order valence-electron chi connectivity index (χ2n) is 12.0. The number of rotatable bonds is 9. The number of methoxy groups -OCH3 is 1. The zero-order valence-corrected chi connectivity index (χ0v) is 24.7. The van der Waals surface area contributed by atoms with Crippen LogP contribution in [0.4, 0.5) is 4.79 Å². The third-order valence-electron chi connectivity index (χ3n) is 6.62. The summed E-state index contributed by atoms with van der Waals surface area (Å²) in [6.07, 6.45) is -0.724. The highest BCUT2D eigenvalue weighted by atomic mass is 28.4. The smallest absolute Gasteiger partial charge is 0.410 e. The van der Waals surface area contributed by atoms with Crippen molar-refractivity contribution in [3.8, 4) is 0 Å². The molecule has 0 aliphatic carbocycles. The molecule has 0 radical (unpaired) electrons. The molecule has 1 aliphatic rings. The molecular weight excluding hydrogens is 478 g/mol. The van der Waals surface area contributed by atoms with E-state index in [0.717, 1.165) is 11.1 Å². The summed E-state index contributed by atoms with van der Waals surface area (Å²) in [5.41, 5.74) is 1.11. The largest absolute Gasteiger partial charge is 0.455 e. The zero-order valence-electron chi connectivity index (χ0n) is 23.7. The van der Waals surface area contributed by atoms with E-state index in [1.165, 1.54) is 6.92 Å². The van der Waals surface area contributed by atoms with Gasteiger partial charge in [0.05, 0.1) is 18.8 Å². The molecule has 1 aliphatic heterocycles. The van der Waals surface area contributed by atoms with Crippen LogP contribution < -0.4 is 0 Å². The molecule has 8 nitrogen and oxygen atoms in total. The number of nitrogens with zero attached hydrogens (tertiary/aromatic N) is 1. The number of hydrogen-bond acceptors (Lipinski definition) is 7.